The van der Waals surface area contributed by atoms with E-state index in [4.69, 9.17) is 16.3 Å². The van der Waals surface area contributed by atoms with Gasteiger partial charge in [-0.3, -0.25) is 9.59 Å². The number of hydrogen-bond donors (Lipinski definition) is 1. The van der Waals surface area contributed by atoms with Gasteiger partial charge in [-0.25, -0.2) is 0 Å². The molecule has 1 aromatic rings. The van der Waals surface area contributed by atoms with Crippen LogP contribution in [0, 0.1) is 12.8 Å². The first-order valence-corrected chi connectivity index (χ1v) is 8.18. The van der Waals surface area contributed by atoms with Gasteiger partial charge in [0.25, 0.3) is 0 Å². The Labute approximate surface area is 141 Å². The third-order valence-electron chi connectivity index (χ3n) is 4.07. The molecule has 2 amide bonds. The molecule has 1 heterocycles. The summed E-state index contributed by atoms with van der Waals surface area (Å²) in [5.74, 6) is 0.378. The van der Waals surface area contributed by atoms with Gasteiger partial charge in [-0.2, -0.15) is 0 Å². The number of ether oxygens (including phenoxy) is 1. The first-order chi connectivity index (χ1) is 10.8. The van der Waals surface area contributed by atoms with E-state index in [2.05, 4.69) is 5.32 Å². The van der Waals surface area contributed by atoms with Gasteiger partial charge in [-0.15, -0.1) is 0 Å². The van der Waals surface area contributed by atoms with E-state index in [-0.39, 0.29) is 17.7 Å². The first-order valence-electron chi connectivity index (χ1n) is 7.80. The topological polar surface area (TPSA) is 58.6 Å². The molecule has 1 aliphatic heterocycles. The SMILES string of the molecule is COc1cc(Cl)c(NC(=O)C2CCCN2C(=O)C(C)C)cc1C. The molecule has 1 N–H and O–H groups in total. The van der Waals surface area contributed by atoms with Crippen LogP contribution < -0.4 is 10.1 Å². The highest BCUT2D eigenvalue weighted by molar-refractivity contribution is 6.34. The lowest BCUT2D eigenvalue weighted by molar-refractivity contribution is -0.139. The first kappa shape index (κ1) is 17.6. The number of hydrogen-bond acceptors (Lipinski definition) is 3. The van der Waals surface area contributed by atoms with Gasteiger partial charge >= 0.3 is 0 Å². The number of amides is 2. The number of nitrogens with one attached hydrogen (secondary N) is 1. The van der Waals surface area contributed by atoms with Gasteiger partial charge in [-0.05, 0) is 31.4 Å². The Hall–Kier alpha value is -1.75. The van der Waals surface area contributed by atoms with Gasteiger partial charge in [0.2, 0.25) is 11.8 Å². The zero-order chi connectivity index (χ0) is 17.1. The van der Waals surface area contributed by atoms with Crippen molar-refractivity contribution in [3.63, 3.8) is 0 Å². The number of halogens is 1. The number of likely N-dealkylation sites (tertiary alicyclic amines) is 1. The smallest absolute Gasteiger partial charge is 0.247 e. The fourth-order valence-corrected chi connectivity index (χ4v) is 3.03. The van der Waals surface area contributed by atoms with E-state index in [0.717, 1.165) is 12.0 Å². The van der Waals surface area contributed by atoms with Crippen molar-refractivity contribution in [1.82, 2.24) is 4.90 Å². The lowest BCUT2D eigenvalue weighted by Gasteiger charge is -2.26. The molecule has 0 saturated carbocycles. The maximum atomic E-state index is 12.6. The standard InChI is InChI=1S/C17H23ClN2O3/c1-10(2)17(22)20-7-5-6-14(20)16(21)19-13-8-11(3)15(23-4)9-12(13)18/h8-10,14H,5-7H2,1-4H3,(H,19,21). The van der Waals surface area contributed by atoms with Crippen LogP contribution in [0.1, 0.15) is 32.3 Å². The highest BCUT2D eigenvalue weighted by atomic mass is 35.5. The number of aryl methyl sites for hydroxylation is 1. The molecule has 1 fully saturated rings. The van der Waals surface area contributed by atoms with Gasteiger partial charge in [-0.1, -0.05) is 25.4 Å². The van der Waals surface area contributed by atoms with E-state index < -0.39 is 6.04 Å². The lowest BCUT2D eigenvalue weighted by atomic mass is 10.1. The van der Waals surface area contributed by atoms with Gasteiger partial charge in [0.1, 0.15) is 11.8 Å². The number of methoxy groups -OCH3 is 1. The van der Waals surface area contributed by atoms with Crippen molar-refractivity contribution in [1.29, 1.82) is 0 Å². The third kappa shape index (κ3) is 3.78. The monoisotopic (exact) mass is 338 g/mol. The summed E-state index contributed by atoms with van der Waals surface area (Å²) in [6, 6.07) is 3.03. The van der Waals surface area contributed by atoms with Crippen LogP contribution in [-0.4, -0.2) is 36.4 Å². The predicted molar refractivity (Wildman–Crippen MR) is 90.9 cm³/mol. The summed E-state index contributed by atoms with van der Waals surface area (Å²) >= 11 is 6.21. The van der Waals surface area contributed by atoms with Gasteiger partial charge in [0.15, 0.2) is 0 Å². The van der Waals surface area contributed by atoms with Gasteiger partial charge in [0.05, 0.1) is 17.8 Å². The van der Waals surface area contributed by atoms with Crippen LogP contribution in [-0.2, 0) is 9.59 Å². The molecule has 0 spiro atoms. The second-order valence-electron chi connectivity index (χ2n) is 6.14. The molecule has 1 atom stereocenters. The summed E-state index contributed by atoms with van der Waals surface area (Å²) in [5.41, 5.74) is 1.42. The zero-order valence-electron chi connectivity index (χ0n) is 14.0. The highest BCUT2D eigenvalue weighted by Crippen LogP contribution is 2.31. The van der Waals surface area contributed by atoms with E-state index in [9.17, 15) is 9.59 Å². The minimum Gasteiger partial charge on any atom is -0.496 e. The molecule has 1 saturated heterocycles. The minimum atomic E-state index is -0.427. The second-order valence-corrected chi connectivity index (χ2v) is 6.54. The molecule has 1 unspecified atom stereocenters. The summed E-state index contributed by atoms with van der Waals surface area (Å²) < 4.78 is 5.21. The Morgan fingerprint density at radius 2 is 2.09 bits per heavy atom. The molecular weight excluding hydrogens is 316 g/mol. The van der Waals surface area contributed by atoms with Crippen molar-refractivity contribution in [2.24, 2.45) is 5.92 Å². The average molecular weight is 339 g/mol. The molecule has 1 aromatic carbocycles. The Bertz CT molecular complexity index is 616. The number of rotatable bonds is 4. The molecular formula is C17H23ClN2O3. The quantitative estimate of drug-likeness (QED) is 0.916. The summed E-state index contributed by atoms with van der Waals surface area (Å²) in [6.07, 6.45) is 1.52. The number of nitrogens with zero attached hydrogens (tertiary/aromatic N) is 1. The van der Waals surface area contributed by atoms with E-state index in [1.54, 1.807) is 24.1 Å². The molecule has 0 bridgehead atoms. The zero-order valence-corrected chi connectivity index (χ0v) is 14.7. The Kier molecular flexibility index (Phi) is 5.52. The van der Waals surface area contributed by atoms with Crippen LogP contribution in [0.2, 0.25) is 5.02 Å². The molecule has 23 heavy (non-hydrogen) atoms. The minimum absolute atomic E-state index is 0.0136. The molecule has 5 nitrogen and oxygen atoms in total. The fourth-order valence-electron chi connectivity index (χ4n) is 2.83. The van der Waals surface area contributed by atoms with Crippen molar-refractivity contribution in [2.45, 2.75) is 39.7 Å². The van der Waals surface area contributed by atoms with E-state index in [1.165, 1.54) is 0 Å². The molecule has 0 aromatic heterocycles. The van der Waals surface area contributed by atoms with E-state index in [0.29, 0.717) is 29.4 Å². The molecule has 0 radical (unpaired) electrons. The molecule has 1 aliphatic rings. The van der Waals surface area contributed by atoms with Crippen molar-refractivity contribution in [3.8, 4) is 5.75 Å². The fraction of sp³-hybridized carbons (Fsp3) is 0.529. The van der Waals surface area contributed by atoms with Crippen LogP contribution in [0.25, 0.3) is 0 Å². The number of carbonyl (C=O) groups excluding carboxylic acids is 2. The van der Waals surface area contributed by atoms with Crippen LogP contribution >= 0.6 is 11.6 Å². The maximum absolute atomic E-state index is 12.6. The van der Waals surface area contributed by atoms with Gasteiger partial charge in [0, 0.05) is 18.5 Å². The number of benzene rings is 1. The average Bonchev–Trinajstić information content (AvgIpc) is 2.99. The Morgan fingerprint density at radius 3 is 2.70 bits per heavy atom. The highest BCUT2D eigenvalue weighted by Gasteiger charge is 2.35. The van der Waals surface area contributed by atoms with E-state index >= 15 is 0 Å². The summed E-state index contributed by atoms with van der Waals surface area (Å²) in [6.45, 7) is 6.21. The van der Waals surface area contributed by atoms with Crippen LogP contribution in [0.3, 0.4) is 0 Å². The normalized spacial score (nSPS) is 17.5. The predicted octanol–water partition coefficient (Wildman–Crippen LogP) is 3.24. The van der Waals surface area contributed by atoms with Crippen LogP contribution in [0.15, 0.2) is 12.1 Å². The van der Waals surface area contributed by atoms with E-state index in [1.807, 2.05) is 20.8 Å². The van der Waals surface area contributed by atoms with Gasteiger partial charge < -0.3 is 15.0 Å². The van der Waals surface area contributed by atoms with Crippen molar-refractivity contribution >= 4 is 29.1 Å². The van der Waals surface area contributed by atoms with Crippen molar-refractivity contribution in [3.05, 3.63) is 22.7 Å². The third-order valence-corrected chi connectivity index (χ3v) is 4.39. The van der Waals surface area contributed by atoms with Crippen LogP contribution in [0.5, 0.6) is 5.75 Å². The van der Waals surface area contributed by atoms with Crippen molar-refractivity contribution < 1.29 is 14.3 Å². The van der Waals surface area contributed by atoms with Crippen molar-refractivity contribution in [2.75, 3.05) is 19.0 Å². The number of anilines is 1. The second kappa shape index (κ2) is 7.21. The molecule has 6 heteroatoms. The lowest BCUT2D eigenvalue weighted by Crippen LogP contribution is -2.44. The maximum Gasteiger partial charge on any atom is 0.247 e. The summed E-state index contributed by atoms with van der Waals surface area (Å²) in [7, 11) is 1.57. The Morgan fingerprint density at radius 1 is 1.39 bits per heavy atom. The number of carbonyl (C=O) groups is 2. The van der Waals surface area contributed by atoms with Crippen LogP contribution in [0.4, 0.5) is 5.69 Å². The largest absolute Gasteiger partial charge is 0.496 e. The Balaban J connectivity index is 2.15. The summed E-state index contributed by atoms with van der Waals surface area (Å²) in [5, 5.41) is 3.26. The molecule has 126 valence electrons. The molecule has 2 rings (SSSR count). The molecule has 0 aliphatic carbocycles. The summed E-state index contributed by atoms with van der Waals surface area (Å²) in [4.78, 5) is 26.5.